The van der Waals surface area contributed by atoms with Crippen LogP contribution in [0.2, 0.25) is 0 Å². The zero-order valence-electron chi connectivity index (χ0n) is 45.6. The van der Waals surface area contributed by atoms with Gasteiger partial charge in [-0.15, -0.1) is 0 Å². The fourth-order valence-electron chi connectivity index (χ4n) is 13.5. The number of fused-ring (bicyclic) bond motifs is 8. The molecule has 14 rings (SSSR count). The van der Waals surface area contributed by atoms with E-state index in [1.807, 2.05) is 48.5 Å². The molecule has 4 unspecified atom stereocenters. The number of para-hydroxylation sites is 2. The molecular formula is C69H46F6N4O8. The summed E-state index contributed by atoms with van der Waals surface area (Å²) in [5.41, 5.74) is -1.11. The molecule has 2 aliphatic carbocycles. The maximum Gasteiger partial charge on any atom is 0.411 e. The van der Waals surface area contributed by atoms with Gasteiger partial charge in [0.05, 0.1) is 46.1 Å². The smallest absolute Gasteiger partial charge is 0.411 e. The lowest BCUT2D eigenvalue weighted by atomic mass is 9.73. The number of carbonyl (C=O) groups is 6. The van der Waals surface area contributed by atoms with Crippen LogP contribution in [0.5, 0.6) is 23.0 Å². The number of rotatable bonds is 10. The number of carbonyl (C=O) groups excluding carboxylic acids is 6. The number of hydrogen-bond acceptors (Lipinski definition) is 8. The first-order valence-electron chi connectivity index (χ1n) is 28.0. The minimum atomic E-state index is -5.91. The maximum atomic E-state index is 15.3. The number of nitrogens with zero attached hydrogens (tertiary/aromatic N) is 4. The van der Waals surface area contributed by atoms with E-state index in [4.69, 9.17) is 9.47 Å². The lowest BCUT2D eigenvalue weighted by Gasteiger charge is -2.38. The molecule has 2 fully saturated rings. The summed E-state index contributed by atoms with van der Waals surface area (Å²) < 4.78 is 107. The Morgan fingerprint density at radius 1 is 0.368 bits per heavy atom. The van der Waals surface area contributed by atoms with Crippen LogP contribution in [0.15, 0.2) is 206 Å². The van der Waals surface area contributed by atoms with Crippen molar-refractivity contribution < 1.29 is 64.6 Å². The average molecular weight is 1170 g/mol. The Labute approximate surface area is 491 Å². The summed E-state index contributed by atoms with van der Waals surface area (Å²) in [5, 5.41) is 1.62. The molecule has 10 aromatic rings. The highest BCUT2D eigenvalue weighted by Gasteiger charge is 2.72. The molecule has 18 heteroatoms. The van der Waals surface area contributed by atoms with Crippen LogP contribution in [0.4, 0.5) is 37.7 Å². The number of imide groups is 2. The van der Waals surface area contributed by atoms with Crippen LogP contribution in [0.3, 0.4) is 0 Å². The summed E-state index contributed by atoms with van der Waals surface area (Å²) in [6.07, 6.45) is -11.1. The number of anilines is 2. The number of amides is 4. The van der Waals surface area contributed by atoms with Crippen molar-refractivity contribution >= 4 is 68.6 Å². The van der Waals surface area contributed by atoms with Crippen LogP contribution in [0.1, 0.15) is 54.4 Å². The molecule has 4 amide bonds. The molecule has 0 spiro atoms. The Bertz CT molecular complexity index is 4180. The SMILES string of the molecule is O=C1C2Cc3c(n(C(=O)c4ccccc4)c4ccccc34)CC2C(=O)N1c1ccc(Oc2ccc(C(c3ccc(Oc4ccc(N5C(=O)C6Cc7c(n(C(=O)c8ccccc8)c8ccccc78)CC6C5=O)cc4)cc3)(C(F)(F)F)C(F)(F)F)cc2)cc1. The van der Waals surface area contributed by atoms with Crippen molar-refractivity contribution in [3.8, 4) is 23.0 Å². The average Bonchev–Trinajstić information content (AvgIpc) is 1.77. The highest BCUT2D eigenvalue weighted by molar-refractivity contribution is 6.23. The summed E-state index contributed by atoms with van der Waals surface area (Å²) in [4.78, 5) is 86.5. The molecule has 8 aromatic carbocycles. The second-order valence-corrected chi connectivity index (χ2v) is 22.2. The molecule has 2 saturated heterocycles. The van der Waals surface area contributed by atoms with Crippen molar-refractivity contribution in [3.63, 3.8) is 0 Å². The van der Waals surface area contributed by atoms with Crippen molar-refractivity contribution in [3.05, 3.63) is 251 Å². The van der Waals surface area contributed by atoms with E-state index in [1.165, 1.54) is 48.5 Å². The number of halogens is 6. The topological polar surface area (TPSA) is 137 Å². The monoisotopic (exact) mass is 1170 g/mol. The molecule has 12 nitrogen and oxygen atoms in total. The Balaban J connectivity index is 0.655. The molecule has 0 N–H and O–H groups in total. The standard InChI is InChI=1S/C69H46F6N4O8/c70-68(71,72)67(69(73,74)75,41-19-27-45(28-20-41)86-47-31-23-43(24-32-47)76-63(82)53-35-51-49-15-7-9-17-57(49)78(59(51)37-55(53)65(76)84)61(80)39-11-3-1-4-12-39)42-21-29-46(30-22-42)87-48-33-25-44(26-34-48)77-64(83)54-36-52-50-16-8-10-18-58(50)79(60(52)38-56(54)66(77)85)62(81)40-13-5-2-6-14-40/h1-34,53-56H,35-38H2. The largest absolute Gasteiger partial charge is 0.457 e. The molecule has 4 atom stereocenters. The van der Waals surface area contributed by atoms with Gasteiger partial charge in [0.15, 0.2) is 0 Å². The van der Waals surface area contributed by atoms with Crippen LogP contribution in [-0.4, -0.2) is 56.9 Å². The van der Waals surface area contributed by atoms with E-state index in [2.05, 4.69) is 0 Å². The molecule has 4 aliphatic rings. The van der Waals surface area contributed by atoms with Crippen LogP contribution in [-0.2, 0) is 50.3 Å². The lowest BCUT2D eigenvalue weighted by Crippen LogP contribution is -2.54. The second-order valence-electron chi connectivity index (χ2n) is 22.2. The summed E-state index contributed by atoms with van der Waals surface area (Å²) in [6.45, 7) is 0. The van der Waals surface area contributed by atoms with Gasteiger partial charge in [-0.25, -0.2) is 0 Å². The third-order valence-corrected chi connectivity index (χ3v) is 17.5. The first kappa shape index (κ1) is 54.6. The summed E-state index contributed by atoms with van der Waals surface area (Å²) >= 11 is 0. The molecule has 0 radical (unpaired) electrons. The van der Waals surface area contributed by atoms with Gasteiger partial charge < -0.3 is 9.47 Å². The zero-order chi connectivity index (χ0) is 60.3. The van der Waals surface area contributed by atoms with Gasteiger partial charge in [-0.1, -0.05) is 97.1 Å². The third kappa shape index (κ3) is 8.66. The van der Waals surface area contributed by atoms with Crippen molar-refractivity contribution in [2.24, 2.45) is 23.7 Å². The predicted molar refractivity (Wildman–Crippen MR) is 309 cm³/mol. The Morgan fingerprint density at radius 3 is 1.00 bits per heavy atom. The molecule has 0 saturated carbocycles. The number of ether oxygens (including phenoxy) is 2. The summed E-state index contributed by atoms with van der Waals surface area (Å²) in [5.74, 6) is -5.20. The highest BCUT2D eigenvalue weighted by atomic mass is 19.4. The van der Waals surface area contributed by atoms with Crippen molar-refractivity contribution in [1.82, 2.24) is 9.13 Å². The van der Waals surface area contributed by atoms with Crippen LogP contribution in [0, 0.1) is 23.7 Å². The van der Waals surface area contributed by atoms with E-state index < -0.39 is 76.2 Å². The molecule has 2 aromatic heterocycles. The second kappa shape index (κ2) is 20.4. The first-order chi connectivity index (χ1) is 41.9. The number of hydrogen-bond donors (Lipinski definition) is 0. The molecule has 87 heavy (non-hydrogen) atoms. The van der Waals surface area contributed by atoms with E-state index in [9.17, 15) is 28.8 Å². The van der Waals surface area contributed by atoms with Gasteiger partial charge in [-0.3, -0.25) is 47.7 Å². The molecule has 2 aliphatic heterocycles. The third-order valence-electron chi connectivity index (χ3n) is 17.5. The summed E-state index contributed by atoms with van der Waals surface area (Å²) in [6, 6.07) is 50.5. The van der Waals surface area contributed by atoms with Gasteiger partial charge in [-0.2, -0.15) is 26.3 Å². The molecule has 0 bridgehead atoms. The van der Waals surface area contributed by atoms with E-state index in [0.29, 0.717) is 57.8 Å². The minimum Gasteiger partial charge on any atom is -0.457 e. The first-order valence-corrected chi connectivity index (χ1v) is 28.0. The Kier molecular flexibility index (Phi) is 12.8. The van der Waals surface area contributed by atoms with Crippen molar-refractivity contribution in [2.45, 2.75) is 43.5 Å². The number of benzene rings is 8. The highest BCUT2D eigenvalue weighted by Crippen LogP contribution is 2.57. The molecule has 432 valence electrons. The zero-order valence-corrected chi connectivity index (χ0v) is 45.6. The van der Waals surface area contributed by atoms with Gasteiger partial charge in [0.1, 0.15) is 23.0 Å². The van der Waals surface area contributed by atoms with Gasteiger partial charge in [-0.05, 0) is 144 Å². The fourth-order valence-corrected chi connectivity index (χ4v) is 13.5. The van der Waals surface area contributed by atoms with Gasteiger partial charge in [0.2, 0.25) is 29.0 Å². The van der Waals surface area contributed by atoms with E-state index in [0.717, 1.165) is 56.0 Å². The van der Waals surface area contributed by atoms with Crippen LogP contribution in [0.25, 0.3) is 21.8 Å². The van der Waals surface area contributed by atoms with Gasteiger partial charge in [0, 0.05) is 46.1 Å². The lowest BCUT2D eigenvalue weighted by molar-refractivity contribution is -0.288. The summed E-state index contributed by atoms with van der Waals surface area (Å²) in [7, 11) is 0. The molecular weight excluding hydrogens is 1130 g/mol. The number of aromatic nitrogens is 2. The fraction of sp³-hybridized carbons (Fsp3) is 0.159. The normalized spacial score (nSPS) is 18.4. The Hall–Kier alpha value is -10.4. The van der Waals surface area contributed by atoms with E-state index >= 15 is 26.3 Å². The van der Waals surface area contributed by atoms with E-state index in [-0.39, 0.29) is 71.9 Å². The maximum absolute atomic E-state index is 15.3. The van der Waals surface area contributed by atoms with Crippen molar-refractivity contribution in [1.29, 1.82) is 0 Å². The minimum absolute atomic E-state index is 0.104. The molecule has 4 heterocycles. The van der Waals surface area contributed by atoms with Gasteiger partial charge >= 0.3 is 12.4 Å². The van der Waals surface area contributed by atoms with Crippen LogP contribution >= 0.6 is 0 Å². The predicted octanol–water partition coefficient (Wildman–Crippen LogP) is 13.8. The number of alkyl halides is 6. The van der Waals surface area contributed by atoms with E-state index in [1.54, 1.807) is 69.8 Å². The Morgan fingerprint density at radius 2 is 0.667 bits per heavy atom. The quantitative estimate of drug-likeness (QED) is 0.0975. The van der Waals surface area contributed by atoms with Gasteiger partial charge in [0.25, 0.3) is 11.8 Å². The van der Waals surface area contributed by atoms with Crippen LogP contribution < -0.4 is 19.3 Å². The van der Waals surface area contributed by atoms with Crippen molar-refractivity contribution in [2.75, 3.05) is 9.80 Å².